The second-order valence-corrected chi connectivity index (χ2v) is 9.74. The molecular weight excluding hydrogens is 499 g/mol. The zero-order chi connectivity index (χ0) is 23.7. The Hall–Kier alpha value is -1.79. The van der Waals surface area contributed by atoms with Crippen molar-refractivity contribution in [3.05, 3.63) is 57.3 Å². The molecule has 3 rings (SSSR count). The van der Waals surface area contributed by atoms with Crippen molar-refractivity contribution in [3.63, 3.8) is 0 Å². The molecule has 0 saturated carbocycles. The minimum absolute atomic E-state index is 0.109. The number of hydrogen-bond acceptors (Lipinski definition) is 5. The van der Waals surface area contributed by atoms with Gasteiger partial charge < -0.3 is 14.4 Å². The molecule has 1 fully saturated rings. The summed E-state index contributed by atoms with van der Waals surface area (Å²) in [5, 5.41) is -0.258. The summed E-state index contributed by atoms with van der Waals surface area (Å²) in [6, 6.07) is 5.90. The van der Waals surface area contributed by atoms with Gasteiger partial charge in [0.1, 0.15) is 24.4 Å². The lowest BCUT2D eigenvalue weighted by molar-refractivity contribution is -0.137. The number of anilines is 1. The van der Waals surface area contributed by atoms with Crippen LogP contribution in [0, 0.1) is 5.82 Å². The van der Waals surface area contributed by atoms with E-state index in [2.05, 4.69) is 4.72 Å². The summed E-state index contributed by atoms with van der Waals surface area (Å²) < 4.78 is 87.6. The number of rotatable bonds is 8. The summed E-state index contributed by atoms with van der Waals surface area (Å²) in [5.74, 6) is -0.535. The number of hydrogen-bond donors (Lipinski definition) is 1. The number of ether oxygens (including phenoxy) is 2. The predicted molar refractivity (Wildman–Crippen MR) is 112 cm³/mol. The number of benzene rings is 2. The second kappa shape index (κ2) is 9.60. The molecule has 0 unspecified atom stereocenters. The average Bonchev–Trinajstić information content (AvgIpc) is 2.62. The van der Waals surface area contributed by atoms with E-state index in [1.807, 2.05) is 0 Å². The Labute approximate surface area is 192 Å². The van der Waals surface area contributed by atoms with Gasteiger partial charge in [0, 0.05) is 17.3 Å². The van der Waals surface area contributed by atoms with E-state index in [0.29, 0.717) is 18.8 Å². The van der Waals surface area contributed by atoms with Crippen LogP contribution < -0.4 is 14.4 Å². The Morgan fingerprint density at radius 1 is 1.16 bits per heavy atom. The van der Waals surface area contributed by atoms with Gasteiger partial charge in [0.25, 0.3) is 0 Å². The highest BCUT2D eigenvalue weighted by Gasteiger charge is 2.35. The molecule has 0 radical (unpaired) electrons. The second-order valence-electron chi connectivity index (χ2n) is 7.09. The lowest BCUT2D eigenvalue weighted by Gasteiger charge is -2.41. The van der Waals surface area contributed by atoms with Crippen molar-refractivity contribution in [2.75, 3.05) is 31.0 Å². The van der Waals surface area contributed by atoms with Gasteiger partial charge >= 0.3 is 6.18 Å². The molecule has 0 aromatic heterocycles. The topological polar surface area (TPSA) is 67.9 Å². The van der Waals surface area contributed by atoms with Crippen LogP contribution in [-0.4, -0.2) is 40.6 Å². The van der Waals surface area contributed by atoms with Crippen LogP contribution in [0.4, 0.5) is 23.2 Å². The molecule has 1 N–H and O–H groups in total. The third-order valence-corrected chi connectivity index (χ3v) is 5.80. The standard InChI is InChI=1S/C19H18Cl2F4N2O4S/c1-32(28,29)26-10-30-9-11-4-16(21)18(6-17(11)22)31-13-7-27(8-13)12-2-3-14(15(20)5-12)19(23,24)25/h2-6,13,26H,7-10H2,1H3. The number of sulfonamides is 1. The molecule has 13 heteroatoms. The lowest BCUT2D eigenvalue weighted by atomic mass is 10.1. The lowest BCUT2D eigenvalue weighted by Crippen LogP contribution is -2.54. The Morgan fingerprint density at radius 2 is 1.84 bits per heavy atom. The molecular formula is C19H18Cl2F4N2O4S. The van der Waals surface area contributed by atoms with E-state index in [0.717, 1.165) is 18.4 Å². The average molecular weight is 517 g/mol. The number of nitrogens with zero attached hydrogens (tertiary/aromatic N) is 1. The van der Waals surface area contributed by atoms with Gasteiger partial charge in [-0.15, -0.1) is 0 Å². The van der Waals surface area contributed by atoms with Crippen molar-refractivity contribution in [2.24, 2.45) is 0 Å². The van der Waals surface area contributed by atoms with Crippen LogP contribution in [0.2, 0.25) is 10.0 Å². The maximum absolute atomic E-state index is 14.3. The van der Waals surface area contributed by atoms with E-state index in [4.69, 9.17) is 32.7 Å². The summed E-state index contributed by atoms with van der Waals surface area (Å²) in [6.07, 6.45) is -3.92. The maximum Gasteiger partial charge on any atom is 0.417 e. The Morgan fingerprint density at radius 3 is 2.44 bits per heavy atom. The molecule has 176 valence electrons. The summed E-state index contributed by atoms with van der Waals surface area (Å²) in [6.45, 7) is 0.170. The van der Waals surface area contributed by atoms with Crippen molar-refractivity contribution < 1.29 is 35.5 Å². The van der Waals surface area contributed by atoms with Gasteiger partial charge in [-0.25, -0.2) is 12.8 Å². The van der Waals surface area contributed by atoms with Gasteiger partial charge in [-0.2, -0.15) is 17.9 Å². The fourth-order valence-corrected chi connectivity index (χ4v) is 3.72. The molecule has 1 heterocycles. The van der Waals surface area contributed by atoms with Gasteiger partial charge in [-0.05, 0) is 24.3 Å². The largest absolute Gasteiger partial charge is 0.485 e. The van der Waals surface area contributed by atoms with Crippen LogP contribution in [0.25, 0.3) is 0 Å². The highest BCUT2D eigenvalue weighted by Crippen LogP contribution is 2.38. The third kappa shape index (κ3) is 6.38. The summed E-state index contributed by atoms with van der Waals surface area (Å²) >= 11 is 11.9. The molecule has 1 aliphatic rings. The van der Waals surface area contributed by atoms with Crippen molar-refractivity contribution >= 4 is 38.9 Å². The monoisotopic (exact) mass is 516 g/mol. The molecule has 0 bridgehead atoms. The van der Waals surface area contributed by atoms with E-state index >= 15 is 0 Å². The SMILES string of the molecule is CS(=O)(=O)NCOCc1cc(Cl)c(OC2CN(c3ccc(C(F)(F)F)c(Cl)c3)C2)cc1F. The van der Waals surface area contributed by atoms with Gasteiger partial charge in [0.05, 0.1) is 41.6 Å². The van der Waals surface area contributed by atoms with Crippen molar-refractivity contribution in [3.8, 4) is 5.75 Å². The van der Waals surface area contributed by atoms with Gasteiger partial charge in [0.2, 0.25) is 10.0 Å². The zero-order valence-corrected chi connectivity index (χ0v) is 18.9. The van der Waals surface area contributed by atoms with E-state index in [-0.39, 0.29) is 35.8 Å². The number of nitrogens with one attached hydrogen (secondary N) is 1. The molecule has 0 atom stereocenters. The normalized spacial score (nSPS) is 15.0. The Balaban J connectivity index is 1.55. The molecule has 0 spiro atoms. The van der Waals surface area contributed by atoms with E-state index < -0.39 is 32.6 Å². The van der Waals surface area contributed by atoms with Crippen molar-refractivity contribution in [1.29, 1.82) is 0 Å². The van der Waals surface area contributed by atoms with Gasteiger partial charge in [0.15, 0.2) is 0 Å². The van der Waals surface area contributed by atoms with Crippen LogP contribution in [0.5, 0.6) is 5.75 Å². The summed E-state index contributed by atoms with van der Waals surface area (Å²) in [5.41, 5.74) is -0.280. The molecule has 0 aliphatic carbocycles. The molecule has 32 heavy (non-hydrogen) atoms. The van der Waals surface area contributed by atoms with E-state index in [9.17, 15) is 26.0 Å². The van der Waals surface area contributed by atoms with Crippen LogP contribution in [0.15, 0.2) is 30.3 Å². The van der Waals surface area contributed by atoms with Crippen LogP contribution in [-0.2, 0) is 27.5 Å². The fraction of sp³-hybridized carbons (Fsp3) is 0.368. The molecule has 1 saturated heterocycles. The number of halogens is 6. The molecule has 0 amide bonds. The molecule has 1 aliphatic heterocycles. The zero-order valence-electron chi connectivity index (χ0n) is 16.5. The smallest absolute Gasteiger partial charge is 0.417 e. The first-order valence-corrected chi connectivity index (χ1v) is 11.8. The molecule has 6 nitrogen and oxygen atoms in total. The minimum Gasteiger partial charge on any atom is -0.485 e. The fourth-order valence-electron chi connectivity index (χ4n) is 2.91. The van der Waals surface area contributed by atoms with Gasteiger partial charge in [-0.3, -0.25) is 0 Å². The minimum atomic E-state index is -4.53. The van der Waals surface area contributed by atoms with Crippen molar-refractivity contribution in [1.82, 2.24) is 4.72 Å². The van der Waals surface area contributed by atoms with E-state index in [1.54, 1.807) is 4.90 Å². The van der Waals surface area contributed by atoms with Crippen molar-refractivity contribution in [2.45, 2.75) is 18.9 Å². The van der Waals surface area contributed by atoms with Gasteiger partial charge in [-0.1, -0.05) is 23.2 Å². The van der Waals surface area contributed by atoms with Crippen LogP contribution in [0.3, 0.4) is 0 Å². The Bertz CT molecular complexity index is 1090. The molecule has 2 aromatic rings. The van der Waals surface area contributed by atoms with Crippen LogP contribution >= 0.6 is 23.2 Å². The van der Waals surface area contributed by atoms with E-state index in [1.165, 1.54) is 18.2 Å². The maximum atomic E-state index is 14.3. The predicted octanol–water partition coefficient (Wildman–Crippen LogP) is 4.44. The number of alkyl halides is 3. The first-order chi connectivity index (χ1) is 14.8. The summed E-state index contributed by atoms with van der Waals surface area (Å²) in [7, 11) is -3.43. The highest BCUT2D eigenvalue weighted by molar-refractivity contribution is 7.88. The van der Waals surface area contributed by atoms with Crippen LogP contribution in [0.1, 0.15) is 11.1 Å². The first kappa shape index (κ1) is 24.8. The highest BCUT2D eigenvalue weighted by atomic mass is 35.5. The molecule has 2 aromatic carbocycles. The quantitative estimate of drug-likeness (QED) is 0.319. The summed E-state index contributed by atoms with van der Waals surface area (Å²) in [4.78, 5) is 1.76. The Kier molecular flexibility index (Phi) is 7.45. The first-order valence-electron chi connectivity index (χ1n) is 9.12. The third-order valence-electron chi connectivity index (χ3n) is 4.55.